The number of nitrogens with zero attached hydrogens (tertiary/aromatic N) is 1. The van der Waals surface area contributed by atoms with Gasteiger partial charge in [0.2, 0.25) is 0 Å². The van der Waals surface area contributed by atoms with Crippen LogP contribution in [0.4, 0.5) is 17.6 Å². The van der Waals surface area contributed by atoms with Gasteiger partial charge in [0, 0.05) is 4.90 Å². The van der Waals surface area contributed by atoms with Crippen molar-refractivity contribution in [1.82, 2.24) is 0 Å². The van der Waals surface area contributed by atoms with Gasteiger partial charge in [-0.05, 0) is 30.8 Å². The van der Waals surface area contributed by atoms with Crippen LogP contribution in [0.15, 0.2) is 17.0 Å². The smallest absolute Gasteiger partial charge is 0.446 e. The van der Waals surface area contributed by atoms with Crippen LogP contribution in [0.5, 0.6) is 0 Å². The molecule has 0 fully saturated rings. The van der Waals surface area contributed by atoms with Gasteiger partial charge in [0.25, 0.3) is 0 Å². The predicted octanol–water partition coefficient (Wildman–Crippen LogP) is 3.49. The molecule has 0 unspecified atom stereocenters. The Labute approximate surface area is 110 Å². The van der Waals surface area contributed by atoms with E-state index < -0.39 is 45.1 Å². The molecular weight excluding hydrogens is 286 g/mol. The van der Waals surface area contributed by atoms with Gasteiger partial charge in [-0.1, -0.05) is 0 Å². The number of benzene rings is 1. The Morgan fingerprint density at radius 1 is 1.47 bits per heavy atom. The SMILES string of the molecule is CCOC(=O)c1c(C#N)cc(F)cc1SC(F)(F)F. The summed E-state index contributed by atoms with van der Waals surface area (Å²) >= 11 is -0.667. The van der Waals surface area contributed by atoms with Crippen LogP contribution in [-0.2, 0) is 4.74 Å². The lowest BCUT2D eigenvalue weighted by atomic mass is 10.1. The van der Waals surface area contributed by atoms with Crippen molar-refractivity contribution in [3.63, 3.8) is 0 Å². The Kier molecular flexibility index (Phi) is 4.78. The first-order chi connectivity index (χ1) is 8.78. The second-order valence-corrected chi connectivity index (χ2v) is 4.31. The Morgan fingerprint density at radius 2 is 2.11 bits per heavy atom. The normalized spacial score (nSPS) is 10.9. The number of halogens is 4. The molecule has 0 aliphatic heterocycles. The lowest BCUT2D eigenvalue weighted by Crippen LogP contribution is -2.11. The van der Waals surface area contributed by atoms with Crippen LogP contribution in [0.3, 0.4) is 0 Å². The molecule has 8 heteroatoms. The van der Waals surface area contributed by atoms with Crippen LogP contribution in [-0.4, -0.2) is 18.1 Å². The number of nitriles is 1. The molecule has 0 bridgehead atoms. The summed E-state index contributed by atoms with van der Waals surface area (Å²) in [6, 6.07) is 2.71. The first-order valence-corrected chi connectivity index (χ1v) is 5.76. The van der Waals surface area contributed by atoms with Crippen LogP contribution in [0.2, 0.25) is 0 Å². The second kappa shape index (κ2) is 5.93. The first kappa shape index (κ1) is 15.3. The van der Waals surface area contributed by atoms with Crippen LogP contribution < -0.4 is 0 Å². The van der Waals surface area contributed by atoms with E-state index >= 15 is 0 Å². The number of hydrogen-bond donors (Lipinski definition) is 0. The molecule has 19 heavy (non-hydrogen) atoms. The van der Waals surface area contributed by atoms with Crippen LogP contribution >= 0.6 is 11.8 Å². The summed E-state index contributed by atoms with van der Waals surface area (Å²) in [7, 11) is 0. The highest BCUT2D eigenvalue weighted by Gasteiger charge is 2.33. The Morgan fingerprint density at radius 3 is 2.58 bits per heavy atom. The molecule has 0 heterocycles. The maximum absolute atomic E-state index is 13.1. The fourth-order valence-corrected chi connectivity index (χ4v) is 2.01. The van der Waals surface area contributed by atoms with Crippen molar-refractivity contribution < 1.29 is 27.1 Å². The molecule has 0 spiro atoms. The lowest BCUT2D eigenvalue weighted by Gasteiger charge is -2.12. The van der Waals surface area contributed by atoms with Gasteiger partial charge in [-0.25, -0.2) is 9.18 Å². The molecular formula is C11H7F4NO2S. The number of ether oxygens (including phenoxy) is 1. The molecule has 0 atom stereocenters. The molecule has 0 saturated heterocycles. The fraction of sp³-hybridized carbons (Fsp3) is 0.273. The largest absolute Gasteiger partial charge is 0.462 e. The summed E-state index contributed by atoms with van der Waals surface area (Å²) in [5.74, 6) is -2.12. The van der Waals surface area contributed by atoms with Crippen molar-refractivity contribution in [3.8, 4) is 6.07 Å². The maximum Gasteiger partial charge on any atom is 0.446 e. The molecule has 0 saturated carbocycles. The second-order valence-electron chi connectivity index (χ2n) is 3.21. The third kappa shape index (κ3) is 4.13. The van der Waals surface area contributed by atoms with Crippen molar-refractivity contribution in [1.29, 1.82) is 5.26 Å². The van der Waals surface area contributed by atoms with E-state index in [0.717, 1.165) is 0 Å². The van der Waals surface area contributed by atoms with Gasteiger partial charge in [0.1, 0.15) is 11.9 Å². The summed E-state index contributed by atoms with van der Waals surface area (Å²) in [5.41, 5.74) is -5.78. The molecule has 0 N–H and O–H groups in total. The molecule has 102 valence electrons. The number of carbonyl (C=O) groups is 1. The minimum Gasteiger partial charge on any atom is -0.462 e. The van der Waals surface area contributed by atoms with Crippen molar-refractivity contribution in [3.05, 3.63) is 29.1 Å². The standard InChI is InChI=1S/C11H7F4NO2S/c1-2-18-10(17)9-6(5-16)3-7(12)4-8(9)19-11(13,14)15/h3-4H,2H2,1H3. The van der Waals surface area contributed by atoms with E-state index in [4.69, 9.17) is 5.26 Å². The van der Waals surface area contributed by atoms with Gasteiger partial charge >= 0.3 is 11.5 Å². The van der Waals surface area contributed by atoms with Crippen molar-refractivity contribution in [2.75, 3.05) is 6.61 Å². The summed E-state index contributed by atoms with van der Waals surface area (Å²) in [6.07, 6.45) is 0. The minimum atomic E-state index is -4.71. The van der Waals surface area contributed by atoms with E-state index in [1.807, 2.05) is 0 Å². The molecule has 0 aliphatic carbocycles. The molecule has 1 rings (SSSR count). The van der Waals surface area contributed by atoms with Crippen LogP contribution in [0.25, 0.3) is 0 Å². The summed E-state index contributed by atoms with van der Waals surface area (Å²) in [6.45, 7) is 1.39. The van der Waals surface area contributed by atoms with E-state index in [9.17, 15) is 22.4 Å². The highest BCUT2D eigenvalue weighted by Crippen LogP contribution is 2.40. The third-order valence-corrected chi connectivity index (χ3v) is 2.67. The van der Waals surface area contributed by atoms with E-state index in [0.29, 0.717) is 12.1 Å². The molecule has 0 aliphatic rings. The van der Waals surface area contributed by atoms with E-state index in [1.165, 1.54) is 13.0 Å². The number of carbonyl (C=O) groups excluding carboxylic acids is 1. The van der Waals surface area contributed by atoms with Crippen molar-refractivity contribution >= 4 is 17.7 Å². The molecule has 0 amide bonds. The van der Waals surface area contributed by atoms with Crippen molar-refractivity contribution in [2.24, 2.45) is 0 Å². The first-order valence-electron chi connectivity index (χ1n) is 4.95. The van der Waals surface area contributed by atoms with Crippen LogP contribution in [0.1, 0.15) is 22.8 Å². The van der Waals surface area contributed by atoms with Gasteiger partial charge in [0.05, 0.1) is 17.7 Å². The third-order valence-electron chi connectivity index (χ3n) is 1.89. The minimum absolute atomic E-state index is 0.0722. The highest BCUT2D eigenvalue weighted by atomic mass is 32.2. The molecule has 0 aromatic heterocycles. The molecule has 1 aromatic rings. The van der Waals surface area contributed by atoms with Gasteiger partial charge in [-0.15, -0.1) is 0 Å². The number of alkyl halides is 3. The van der Waals surface area contributed by atoms with Gasteiger partial charge in [0.15, 0.2) is 0 Å². The van der Waals surface area contributed by atoms with Crippen molar-refractivity contribution in [2.45, 2.75) is 17.3 Å². The average molecular weight is 293 g/mol. The fourth-order valence-electron chi connectivity index (χ4n) is 1.29. The Bertz CT molecular complexity index is 537. The highest BCUT2D eigenvalue weighted by molar-refractivity contribution is 8.00. The molecule has 3 nitrogen and oxygen atoms in total. The number of esters is 1. The monoisotopic (exact) mass is 293 g/mol. The van der Waals surface area contributed by atoms with E-state index in [2.05, 4.69) is 4.74 Å². The Hall–Kier alpha value is -1.75. The van der Waals surface area contributed by atoms with E-state index in [-0.39, 0.29) is 6.61 Å². The lowest BCUT2D eigenvalue weighted by molar-refractivity contribution is -0.0328. The zero-order valence-corrected chi connectivity index (χ0v) is 10.4. The zero-order valence-electron chi connectivity index (χ0n) is 9.55. The molecule has 1 aromatic carbocycles. The maximum atomic E-state index is 13.1. The molecule has 0 radical (unpaired) electrons. The zero-order chi connectivity index (χ0) is 14.6. The average Bonchev–Trinajstić information content (AvgIpc) is 2.25. The number of rotatable bonds is 3. The van der Waals surface area contributed by atoms with E-state index in [1.54, 1.807) is 0 Å². The predicted molar refractivity (Wildman–Crippen MR) is 59.0 cm³/mol. The quantitative estimate of drug-likeness (QED) is 0.486. The summed E-state index contributed by atoms with van der Waals surface area (Å²) in [5, 5.41) is 8.77. The number of hydrogen-bond acceptors (Lipinski definition) is 4. The Balaban J connectivity index is 3.38. The van der Waals surface area contributed by atoms with Gasteiger partial charge in [-0.3, -0.25) is 0 Å². The van der Waals surface area contributed by atoms with Gasteiger partial charge < -0.3 is 4.74 Å². The van der Waals surface area contributed by atoms with Crippen LogP contribution in [0, 0.1) is 17.1 Å². The number of thioether (sulfide) groups is 1. The summed E-state index contributed by atoms with van der Waals surface area (Å²) < 4.78 is 54.7. The van der Waals surface area contributed by atoms with Gasteiger partial charge in [-0.2, -0.15) is 18.4 Å². The summed E-state index contributed by atoms with van der Waals surface area (Å²) in [4.78, 5) is 10.9. The topological polar surface area (TPSA) is 50.1 Å².